The van der Waals surface area contributed by atoms with Crippen molar-refractivity contribution in [3.63, 3.8) is 0 Å². The van der Waals surface area contributed by atoms with E-state index in [0.29, 0.717) is 36.5 Å². The number of hydrogen-bond donors (Lipinski definition) is 0. The number of fused-ring (bicyclic) bond motifs is 2. The maximum atomic E-state index is 12.5. The number of benzene rings is 2. The highest BCUT2D eigenvalue weighted by Gasteiger charge is 2.36. The van der Waals surface area contributed by atoms with Crippen molar-refractivity contribution in [1.82, 2.24) is 9.55 Å². The molecule has 1 aliphatic heterocycles. The van der Waals surface area contributed by atoms with E-state index in [0.717, 1.165) is 11.0 Å². The lowest BCUT2D eigenvalue weighted by Gasteiger charge is -2.17. The van der Waals surface area contributed by atoms with E-state index in [4.69, 9.17) is 0 Å². The number of carbonyl (C=O) groups excluding carboxylic acids is 2. The minimum absolute atomic E-state index is 0.214. The molecule has 26 heavy (non-hydrogen) atoms. The number of hydrogen-bond acceptors (Lipinski definition) is 3. The molecule has 0 bridgehead atoms. The number of Topliss-reactive ketones (excluding diaryl/α,β-unsaturated/α-hetero) is 1. The number of nitrogens with zero attached hydrogens (tertiary/aromatic N) is 3. The van der Waals surface area contributed by atoms with Gasteiger partial charge >= 0.3 is 0 Å². The average Bonchev–Trinajstić information content (AvgIpc) is 3.13. The summed E-state index contributed by atoms with van der Waals surface area (Å²) in [4.78, 5) is 30.8. The van der Waals surface area contributed by atoms with Crippen molar-refractivity contribution < 1.29 is 14.0 Å². The standard InChI is InChI=1S/C20H18FN3O2/c21-11-5-6-12-23-17-10-4-2-8-15(17)22-18(23)13-24-16-9-3-1-7-14(16)19(25)20(24)26/h1-4,7-10H,5-6,11-13H2. The highest BCUT2D eigenvalue weighted by atomic mass is 19.1. The number of carbonyl (C=O) groups is 2. The zero-order valence-corrected chi connectivity index (χ0v) is 14.2. The summed E-state index contributed by atoms with van der Waals surface area (Å²) in [5.74, 6) is -0.322. The molecule has 0 unspecified atom stereocenters. The van der Waals surface area contributed by atoms with E-state index in [-0.39, 0.29) is 13.2 Å². The predicted octanol–water partition coefficient (Wildman–Crippen LogP) is 3.52. The van der Waals surface area contributed by atoms with Crippen LogP contribution in [0.1, 0.15) is 29.0 Å². The quantitative estimate of drug-likeness (QED) is 0.504. The zero-order valence-electron chi connectivity index (χ0n) is 14.2. The lowest BCUT2D eigenvalue weighted by molar-refractivity contribution is -0.114. The van der Waals surface area contributed by atoms with Gasteiger partial charge in [-0.15, -0.1) is 0 Å². The van der Waals surface area contributed by atoms with Gasteiger partial charge < -0.3 is 4.57 Å². The van der Waals surface area contributed by atoms with Crippen molar-refractivity contribution in [1.29, 1.82) is 0 Å². The van der Waals surface area contributed by atoms with Crippen LogP contribution in [0.3, 0.4) is 0 Å². The van der Waals surface area contributed by atoms with Crippen molar-refractivity contribution in [2.24, 2.45) is 0 Å². The van der Waals surface area contributed by atoms with Gasteiger partial charge in [-0.1, -0.05) is 24.3 Å². The molecule has 3 aromatic rings. The Morgan fingerprint density at radius 2 is 1.73 bits per heavy atom. The minimum atomic E-state index is -0.534. The van der Waals surface area contributed by atoms with Crippen molar-refractivity contribution in [2.75, 3.05) is 11.6 Å². The van der Waals surface area contributed by atoms with E-state index < -0.39 is 11.7 Å². The smallest absolute Gasteiger partial charge is 0.299 e. The van der Waals surface area contributed by atoms with E-state index in [2.05, 4.69) is 4.98 Å². The molecule has 1 aromatic heterocycles. The summed E-state index contributed by atoms with van der Waals surface area (Å²) in [5, 5.41) is 0. The van der Waals surface area contributed by atoms with Crippen LogP contribution in [-0.4, -0.2) is 27.9 Å². The Kier molecular flexibility index (Phi) is 4.24. The number of aryl methyl sites for hydroxylation is 1. The zero-order chi connectivity index (χ0) is 18.1. The Bertz CT molecular complexity index is 996. The number of anilines is 1. The normalized spacial score (nSPS) is 13.7. The minimum Gasteiger partial charge on any atom is -0.326 e. The van der Waals surface area contributed by atoms with Crippen molar-refractivity contribution in [3.05, 3.63) is 59.9 Å². The number of aromatic nitrogens is 2. The summed E-state index contributed by atoms with van der Waals surface area (Å²) in [7, 11) is 0. The average molecular weight is 351 g/mol. The molecule has 0 N–H and O–H groups in total. The fraction of sp³-hybridized carbons (Fsp3) is 0.250. The van der Waals surface area contributed by atoms with Crippen LogP contribution in [0.2, 0.25) is 0 Å². The SMILES string of the molecule is O=C1C(=O)N(Cc2nc3ccccc3n2CCCCF)c2ccccc21. The lowest BCUT2D eigenvalue weighted by atomic mass is 10.1. The third-order valence-electron chi connectivity index (χ3n) is 4.68. The van der Waals surface area contributed by atoms with Crippen molar-refractivity contribution in [2.45, 2.75) is 25.9 Å². The molecule has 1 aliphatic rings. The number of alkyl halides is 1. The number of unbranched alkanes of at least 4 members (excludes halogenated alkanes) is 1. The molecular weight excluding hydrogens is 333 g/mol. The largest absolute Gasteiger partial charge is 0.326 e. The van der Waals surface area contributed by atoms with Gasteiger partial charge in [-0.2, -0.15) is 0 Å². The maximum absolute atomic E-state index is 12.5. The number of para-hydroxylation sites is 3. The molecule has 132 valence electrons. The first-order valence-electron chi connectivity index (χ1n) is 8.66. The van der Waals surface area contributed by atoms with Gasteiger partial charge in [-0.3, -0.25) is 18.9 Å². The first-order chi connectivity index (χ1) is 12.7. The molecule has 5 nitrogen and oxygen atoms in total. The molecule has 6 heteroatoms. The molecule has 2 aromatic carbocycles. The maximum Gasteiger partial charge on any atom is 0.299 e. The Labute approximate surface area is 150 Å². The summed E-state index contributed by atoms with van der Waals surface area (Å²) < 4.78 is 14.5. The van der Waals surface area contributed by atoms with E-state index in [1.807, 2.05) is 34.9 Å². The first kappa shape index (κ1) is 16.4. The molecule has 1 amide bonds. The third kappa shape index (κ3) is 2.67. The second-order valence-corrected chi connectivity index (χ2v) is 6.30. The molecule has 0 atom stereocenters. The van der Waals surface area contributed by atoms with E-state index >= 15 is 0 Å². The van der Waals surface area contributed by atoms with E-state index in [1.165, 1.54) is 4.90 Å². The molecule has 0 fully saturated rings. The summed E-state index contributed by atoms with van der Waals surface area (Å²) in [6.07, 6.45) is 1.17. The number of imidazole rings is 1. The lowest BCUT2D eigenvalue weighted by Crippen LogP contribution is -2.30. The molecule has 2 heterocycles. The van der Waals surface area contributed by atoms with E-state index in [9.17, 15) is 14.0 Å². The summed E-state index contributed by atoms with van der Waals surface area (Å²) in [6.45, 7) is 0.484. The van der Waals surface area contributed by atoms with Crippen LogP contribution in [0.4, 0.5) is 10.1 Å². The van der Waals surface area contributed by atoms with Crippen LogP contribution in [0.15, 0.2) is 48.5 Å². The van der Waals surface area contributed by atoms with Crippen LogP contribution in [0.25, 0.3) is 11.0 Å². The Balaban J connectivity index is 1.72. The van der Waals surface area contributed by atoms with Crippen LogP contribution < -0.4 is 4.90 Å². The topological polar surface area (TPSA) is 55.2 Å². The predicted molar refractivity (Wildman–Crippen MR) is 96.9 cm³/mol. The summed E-state index contributed by atoms with van der Waals surface area (Å²) in [6, 6.07) is 14.7. The van der Waals surface area contributed by atoms with Gasteiger partial charge in [0.25, 0.3) is 11.7 Å². The molecule has 0 saturated heterocycles. The van der Waals surface area contributed by atoms with Gasteiger partial charge in [-0.25, -0.2) is 4.98 Å². The molecule has 0 saturated carbocycles. The summed E-state index contributed by atoms with van der Waals surface area (Å²) >= 11 is 0. The number of amides is 1. The van der Waals surface area contributed by atoms with Gasteiger partial charge in [0.1, 0.15) is 5.82 Å². The molecule has 4 rings (SSSR count). The fourth-order valence-electron chi connectivity index (χ4n) is 3.41. The highest BCUT2D eigenvalue weighted by Crippen LogP contribution is 2.30. The Hall–Kier alpha value is -3.02. The number of ketones is 1. The molecular formula is C20H18FN3O2. The van der Waals surface area contributed by atoms with E-state index in [1.54, 1.807) is 18.2 Å². The first-order valence-corrected chi connectivity index (χ1v) is 8.66. The van der Waals surface area contributed by atoms with Gasteiger partial charge in [0, 0.05) is 6.54 Å². The highest BCUT2D eigenvalue weighted by molar-refractivity contribution is 6.52. The van der Waals surface area contributed by atoms with Crippen molar-refractivity contribution >= 4 is 28.4 Å². The third-order valence-corrected chi connectivity index (χ3v) is 4.68. The van der Waals surface area contributed by atoms with Crippen molar-refractivity contribution in [3.8, 4) is 0 Å². The van der Waals surface area contributed by atoms with Crippen LogP contribution in [0, 0.1) is 0 Å². The second-order valence-electron chi connectivity index (χ2n) is 6.30. The van der Waals surface area contributed by atoms with Gasteiger partial charge in [0.15, 0.2) is 0 Å². The fourth-order valence-corrected chi connectivity index (χ4v) is 3.41. The second kappa shape index (κ2) is 6.71. The molecule has 0 aliphatic carbocycles. The van der Waals surface area contributed by atoms with Crippen LogP contribution >= 0.6 is 0 Å². The Morgan fingerprint density at radius 3 is 2.58 bits per heavy atom. The van der Waals surface area contributed by atoms with Gasteiger partial charge in [0.05, 0.1) is 35.5 Å². The van der Waals surface area contributed by atoms with Gasteiger partial charge in [0.2, 0.25) is 0 Å². The number of rotatable bonds is 6. The van der Waals surface area contributed by atoms with Crippen LogP contribution in [-0.2, 0) is 17.9 Å². The monoisotopic (exact) mass is 351 g/mol. The van der Waals surface area contributed by atoms with Crippen LogP contribution in [0.5, 0.6) is 0 Å². The summed E-state index contributed by atoms with van der Waals surface area (Å²) in [5.41, 5.74) is 2.82. The van der Waals surface area contributed by atoms with Gasteiger partial charge in [-0.05, 0) is 37.1 Å². The molecule has 0 radical (unpaired) electrons. The number of halogens is 1. The Morgan fingerprint density at radius 1 is 0.962 bits per heavy atom. The molecule has 0 spiro atoms.